The first-order valence-electron chi connectivity index (χ1n) is 6.39. The number of nitrogens with zero attached hydrogens (tertiary/aromatic N) is 1. The van der Waals surface area contributed by atoms with Crippen LogP contribution in [0, 0.1) is 5.82 Å². The van der Waals surface area contributed by atoms with Crippen LogP contribution in [0.15, 0.2) is 36.4 Å². The first-order chi connectivity index (χ1) is 9.38. The van der Waals surface area contributed by atoms with E-state index in [4.69, 9.17) is 16.3 Å². The van der Waals surface area contributed by atoms with Gasteiger partial charge in [0.1, 0.15) is 11.6 Å². The fourth-order valence-electron chi connectivity index (χ4n) is 1.72. The lowest BCUT2D eigenvalue weighted by Gasteiger charge is -2.19. The summed E-state index contributed by atoms with van der Waals surface area (Å²) in [5.74, 6) is 0.889. The van der Waals surface area contributed by atoms with Gasteiger partial charge in [0, 0.05) is 23.4 Å². The molecule has 0 radical (unpaired) electrons. The second kappa shape index (κ2) is 5.80. The molecule has 0 aliphatic heterocycles. The Morgan fingerprint density at radius 3 is 2.55 bits per heavy atom. The van der Waals surface area contributed by atoms with Gasteiger partial charge in [0.25, 0.3) is 0 Å². The average Bonchev–Trinajstić information content (AvgIpc) is 2.37. The Bertz CT molecular complexity index is 608. The van der Waals surface area contributed by atoms with E-state index < -0.39 is 0 Å². The van der Waals surface area contributed by atoms with Crippen LogP contribution in [0.2, 0.25) is 0 Å². The SMILES string of the molecule is CC(C)(C)c1cc(CCl)cc(Oc2cccc(F)c2)n1. The Kier molecular flexibility index (Phi) is 4.29. The molecule has 0 aliphatic rings. The molecular weight excluding hydrogens is 277 g/mol. The quantitative estimate of drug-likeness (QED) is 0.739. The molecule has 0 amide bonds. The van der Waals surface area contributed by atoms with Gasteiger partial charge in [-0.15, -0.1) is 11.6 Å². The standard InChI is InChI=1S/C16H17ClFNO/c1-16(2,3)14-7-11(10-17)8-15(19-14)20-13-6-4-5-12(18)9-13/h4-9H,10H2,1-3H3. The van der Waals surface area contributed by atoms with E-state index in [0.717, 1.165) is 11.3 Å². The molecule has 0 saturated heterocycles. The van der Waals surface area contributed by atoms with E-state index in [2.05, 4.69) is 25.8 Å². The van der Waals surface area contributed by atoms with E-state index in [1.807, 2.05) is 6.07 Å². The van der Waals surface area contributed by atoms with Crippen molar-refractivity contribution in [3.63, 3.8) is 0 Å². The molecule has 0 saturated carbocycles. The molecule has 2 rings (SSSR count). The second-order valence-corrected chi connectivity index (χ2v) is 5.91. The van der Waals surface area contributed by atoms with Gasteiger partial charge in [0.05, 0.1) is 5.69 Å². The van der Waals surface area contributed by atoms with Crippen LogP contribution in [0.4, 0.5) is 4.39 Å². The third kappa shape index (κ3) is 3.70. The highest BCUT2D eigenvalue weighted by molar-refractivity contribution is 6.17. The normalized spacial score (nSPS) is 11.4. The molecule has 2 aromatic rings. The summed E-state index contributed by atoms with van der Waals surface area (Å²) < 4.78 is 18.8. The zero-order valence-corrected chi connectivity index (χ0v) is 12.5. The lowest BCUT2D eigenvalue weighted by Crippen LogP contribution is -2.14. The zero-order chi connectivity index (χ0) is 14.8. The number of pyridine rings is 1. The van der Waals surface area contributed by atoms with Crippen molar-refractivity contribution in [1.29, 1.82) is 0 Å². The average molecular weight is 294 g/mol. The minimum absolute atomic E-state index is 0.109. The molecule has 0 N–H and O–H groups in total. The van der Waals surface area contributed by atoms with Crippen LogP contribution in [0.3, 0.4) is 0 Å². The van der Waals surface area contributed by atoms with E-state index in [1.54, 1.807) is 18.2 Å². The molecule has 0 aliphatic carbocycles. The molecule has 106 valence electrons. The van der Waals surface area contributed by atoms with Gasteiger partial charge >= 0.3 is 0 Å². The van der Waals surface area contributed by atoms with Crippen molar-refractivity contribution < 1.29 is 9.13 Å². The molecule has 20 heavy (non-hydrogen) atoms. The van der Waals surface area contributed by atoms with Gasteiger partial charge in [-0.3, -0.25) is 0 Å². The van der Waals surface area contributed by atoms with Crippen LogP contribution in [-0.2, 0) is 11.3 Å². The Labute approximate surface area is 123 Å². The number of alkyl halides is 1. The minimum Gasteiger partial charge on any atom is -0.439 e. The first-order valence-corrected chi connectivity index (χ1v) is 6.93. The van der Waals surface area contributed by atoms with E-state index in [-0.39, 0.29) is 11.2 Å². The fourth-order valence-corrected chi connectivity index (χ4v) is 1.88. The maximum absolute atomic E-state index is 13.2. The maximum Gasteiger partial charge on any atom is 0.219 e. The van der Waals surface area contributed by atoms with Gasteiger partial charge in [-0.25, -0.2) is 9.37 Å². The monoisotopic (exact) mass is 293 g/mol. The molecule has 0 bridgehead atoms. The molecule has 0 atom stereocenters. The number of halogens is 2. The molecule has 1 aromatic carbocycles. The van der Waals surface area contributed by atoms with Crippen LogP contribution in [0.1, 0.15) is 32.0 Å². The van der Waals surface area contributed by atoms with Gasteiger partial charge in [-0.2, -0.15) is 0 Å². The summed E-state index contributed by atoms with van der Waals surface area (Å²) in [6.07, 6.45) is 0. The van der Waals surface area contributed by atoms with Gasteiger partial charge in [0.2, 0.25) is 5.88 Å². The van der Waals surface area contributed by atoms with Gasteiger partial charge in [0.15, 0.2) is 0 Å². The van der Waals surface area contributed by atoms with Crippen molar-refractivity contribution >= 4 is 11.6 Å². The number of hydrogen-bond acceptors (Lipinski definition) is 2. The molecule has 2 nitrogen and oxygen atoms in total. The summed E-state index contributed by atoms with van der Waals surface area (Å²) in [7, 11) is 0. The number of aromatic nitrogens is 1. The molecule has 4 heteroatoms. The molecular formula is C16H17ClFNO. The van der Waals surface area contributed by atoms with Crippen molar-refractivity contribution in [2.45, 2.75) is 32.1 Å². The van der Waals surface area contributed by atoms with E-state index in [0.29, 0.717) is 17.5 Å². The Hall–Kier alpha value is -1.61. The van der Waals surface area contributed by atoms with Crippen LogP contribution < -0.4 is 4.74 Å². The Morgan fingerprint density at radius 1 is 1.20 bits per heavy atom. The number of rotatable bonds is 3. The molecule has 1 heterocycles. The van der Waals surface area contributed by atoms with E-state index in [1.165, 1.54) is 12.1 Å². The van der Waals surface area contributed by atoms with Crippen LogP contribution >= 0.6 is 11.6 Å². The smallest absolute Gasteiger partial charge is 0.219 e. The number of ether oxygens (including phenoxy) is 1. The highest BCUT2D eigenvalue weighted by Crippen LogP contribution is 2.27. The summed E-state index contributed by atoms with van der Waals surface area (Å²) in [4.78, 5) is 4.47. The second-order valence-electron chi connectivity index (χ2n) is 5.64. The highest BCUT2D eigenvalue weighted by atomic mass is 35.5. The third-order valence-corrected chi connectivity index (χ3v) is 3.11. The summed E-state index contributed by atoms with van der Waals surface area (Å²) >= 11 is 5.91. The zero-order valence-electron chi connectivity index (χ0n) is 11.8. The molecule has 1 aromatic heterocycles. The van der Waals surface area contributed by atoms with Crippen LogP contribution in [-0.4, -0.2) is 4.98 Å². The maximum atomic E-state index is 13.2. The summed E-state index contributed by atoms with van der Waals surface area (Å²) in [6.45, 7) is 6.21. The highest BCUT2D eigenvalue weighted by Gasteiger charge is 2.17. The topological polar surface area (TPSA) is 22.1 Å². The molecule has 0 unspecified atom stereocenters. The minimum atomic E-state index is -0.341. The van der Waals surface area contributed by atoms with Crippen molar-refractivity contribution in [3.05, 3.63) is 53.5 Å². The van der Waals surface area contributed by atoms with Crippen molar-refractivity contribution in [2.75, 3.05) is 0 Å². The van der Waals surface area contributed by atoms with Crippen molar-refractivity contribution in [3.8, 4) is 11.6 Å². The number of benzene rings is 1. The molecule has 0 spiro atoms. The lowest BCUT2D eigenvalue weighted by atomic mass is 9.91. The van der Waals surface area contributed by atoms with Crippen molar-refractivity contribution in [1.82, 2.24) is 4.98 Å². The first kappa shape index (κ1) is 14.8. The third-order valence-electron chi connectivity index (χ3n) is 2.80. The summed E-state index contributed by atoms with van der Waals surface area (Å²) in [5, 5.41) is 0. The molecule has 0 fully saturated rings. The van der Waals surface area contributed by atoms with Gasteiger partial charge < -0.3 is 4.74 Å². The summed E-state index contributed by atoms with van der Waals surface area (Å²) in [5.41, 5.74) is 1.71. The predicted molar refractivity (Wildman–Crippen MR) is 79.0 cm³/mol. The van der Waals surface area contributed by atoms with Crippen molar-refractivity contribution in [2.24, 2.45) is 0 Å². The predicted octanol–water partition coefficient (Wildman–Crippen LogP) is 5.05. The fraction of sp³-hybridized carbons (Fsp3) is 0.312. The summed E-state index contributed by atoms with van der Waals surface area (Å²) in [6, 6.07) is 9.72. The van der Waals surface area contributed by atoms with E-state index >= 15 is 0 Å². The number of hydrogen-bond donors (Lipinski definition) is 0. The van der Waals surface area contributed by atoms with Crippen LogP contribution in [0.25, 0.3) is 0 Å². The van der Waals surface area contributed by atoms with Gasteiger partial charge in [-0.05, 0) is 23.8 Å². The largest absolute Gasteiger partial charge is 0.439 e. The lowest BCUT2D eigenvalue weighted by molar-refractivity contribution is 0.447. The van der Waals surface area contributed by atoms with Gasteiger partial charge in [-0.1, -0.05) is 26.8 Å². The Morgan fingerprint density at radius 2 is 1.95 bits per heavy atom. The van der Waals surface area contributed by atoms with Crippen LogP contribution in [0.5, 0.6) is 11.6 Å². The Balaban J connectivity index is 2.36. The van der Waals surface area contributed by atoms with E-state index in [9.17, 15) is 4.39 Å².